The number of nitrogens with zero attached hydrogens (tertiary/aromatic N) is 1. The fourth-order valence-corrected chi connectivity index (χ4v) is 3.44. The van der Waals surface area contributed by atoms with Crippen LogP contribution in [0.2, 0.25) is 5.02 Å². The predicted octanol–water partition coefficient (Wildman–Crippen LogP) is 4.11. The van der Waals surface area contributed by atoms with Crippen molar-refractivity contribution in [1.82, 2.24) is 4.90 Å². The van der Waals surface area contributed by atoms with E-state index in [1.54, 1.807) is 18.2 Å². The largest absolute Gasteiger partial charge is 0.398 e. The van der Waals surface area contributed by atoms with Gasteiger partial charge in [0, 0.05) is 18.2 Å². The molecule has 1 amide bonds. The van der Waals surface area contributed by atoms with Gasteiger partial charge in [-0.1, -0.05) is 30.9 Å². The summed E-state index contributed by atoms with van der Waals surface area (Å²) in [4.78, 5) is 14.9. The summed E-state index contributed by atoms with van der Waals surface area (Å²) in [5.74, 6) is 0.789. The molecule has 1 aromatic carbocycles. The lowest BCUT2D eigenvalue weighted by atomic mass is 9.89. The number of halogens is 1. The second-order valence-corrected chi connectivity index (χ2v) is 6.84. The van der Waals surface area contributed by atoms with Crippen LogP contribution in [0.4, 0.5) is 5.69 Å². The summed E-state index contributed by atoms with van der Waals surface area (Å²) in [5.41, 5.74) is 6.92. The van der Waals surface area contributed by atoms with E-state index in [2.05, 4.69) is 4.90 Å². The van der Waals surface area contributed by atoms with Gasteiger partial charge in [-0.05, 0) is 49.8 Å². The second kappa shape index (κ2) is 6.27. The minimum atomic E-state index is 0.116. The minimum Gasteiger partial charge on any atom is -0.398 e. The zero-order valence-corrected chi connectivity index (χ0v) is 13.1. The van der Waals surface area contributed by atoms with Gasteiger partial charge in [-0.3, -0.25) is 4.79 Å². The molecule has 0 saturated heterocycles. The zero-order valence-electron chi connectivity index (χ0n) is 12.4. The first-order valence-electron chi connectivity index (χ1n) is 8.01. The number of nitrogen functional groups attached to an aromatic ring is 1. The number of anilines is 1. The van der Waals surface area contributed by atoms with Crippen LogP contribution in [0.3, 0.4) is 0 Å². The van der Waals surface area contributed by atoms with Gasteiger partial charge in [-0.25, -0.2) is 0 Å². The van der Waals surface area contributed by atoms with Crippen LogP contribution in [-0.4, -0.2) is 23.4 Å². The number of carbonyl (C=O) groups is 1. The van der Waals surface area contributed by atoms with E-state index in [9.17, 15) is 4.79 Å². The van der Waals surface area contributed by atoms with Crippen LogP contribution in [0.25, 0.3) is 0 Å². The standard InChI is InChI=1S/C17H23ClN2O/c18-15-10-13(6-9-16(15)19)17(21)20(14-7-8-14)11-12-4-2-1-3-5-12/h6,9-10,12,14H,1-5,7-8,11,19H2. The van der Waals surface area contributed by atoms with Crippen molar-refractivity contribution < 1.29 is 4.79 Å². The third-order valence-corrected chi connectivity index (χ3v) is 5.00. The van der Waals surface area contributed by atoms with Gasteiger partial charge in [0.05, 0.1) is 10.7 Å². The Bertz CT molecular complexity index is 522. The zero-order chi connectivity index (χ0) is 14.8. The first-order valence-corrected chi connectivity index (χ1v) is 8.39. The van der Waals surface area contributed by atoms with Crippen molar-refractivity contribution in [3.05, 3.63) is 28.8 Å². The SMILES string of the molecule is Nc1ccc(C(=O)N(CC2CCCCC2)C2CC2)cc1Cl. The molecule has 0 unspecified atom stereocenters. The molecule has 2 aliphatic carbocycles. The highest BCUT2D eigenvalue weighted by molar-refractivity contribution is 6.33. The summed E-state index contributed by atoms with van der Waals surface area (Å²) < 4.78 is 0. The normalized spacial score (nSPS) is 19.5. The lowest BCUT2D eigenvalue weighted by molar-refractivity contribution is 0.0699. The van der Waals surface area contributed by atoms with Crippen molar-refractivity contribution in [2.45, 2.75) is 51.0 Å². The molecule has 3 rings (SSSR count). The van der Waals surface area contributed by atoms with Crippen LogP contribution in [-0.2, 0) is 0 Å². The topological polar surface area (TPSA) is 46.3 Å². The lowest BCUT2D eigenvalue weighted by Gasteiger charge is -2.30. The van der Waals surface area contributed by atoms with Crippen LogP contribution >= 0.6 is 11.6 Å². The van der Waals surface area contributed by atoms with E-state index in [4.69, 9.17) is 17.3 Å². The number of amides is 1. The van der Waals surface area contributed by atoms with E-state index in [0.29, 0.717) is 28.2 Å². The highest BCUT2D eigenvalue weighted by Crippen LogP contribution is 2.33. The van der Waals surface area contributed by atoms with Crippen LogP contribution in [0, 0.1) is 5.92 Å². The van der Waals surface area contributed by atoms with Gasteiger partial charge in [0.2, 0.25) is 0 Å². The Kier molecular flexibility index (Phi) is 4.39. The molecule has 2 aliphatic rings. The monoisotopic (exact) mass is 306 g/mol. The third kappa shape index (κ3) is 3.52. The Balaban J connectivity index is 1.73. The summed E-state index contributed by atoms with van der Waals surface area (Å²) in [6, 6.07) is 5.66. The first kappa shape index (κ1) is 14.7. The molecule has 2 N–H and O–H groups in total. The van der Waals surface area contributed by atoms with Crippen LogP contribution in [0.5, 0.6) is 0 Å². The number of hydrogen-bond acceptors (Lipinski definition) is 2. The number of nitrogens with two attached hydrogens (primary N) is 1. The molecule has 0 aliphatic heterocycles. The van der Waals surface area contributed by atoms with Crippen molar-refractivity contribution >= 4 is 23.2 Å². The van der Waals surface area contributed by atoms with Gasteiger partial charge >= 0.3 is 0 Å². The maximum absolute atomic E-state index is 12.8. The summed E-state index contributed by atoms with van der Waals surface area (Å²) in [7, 11) is 0. The Hall–Kier alpha value is -1.22. The van der Waals surface area contributed by atoms with E-state index in [-0.39, 0.29) is 5.91 Å². The van der Waals surface area contributed by atoms with Crippen LogP contribution < -0.4 is 5.73 Å². The van der Waals surface area contributed by atoms with Gasteiger partial charge in [-0.2, -0.15) is 0 Å². The van der Waals surface area contributed by atoms with Crippen molar-refractivity contribution in [2.24, 2.45) is 5.92 Å². The predicted molar refractivity (Wildman–Crippen MR) is 86.5 cm³/mol. The summed E-state index contributed by atoms with van der Waals surface area (Å²) in [6.07, 6.45) is 8.78. The van der Waals surface area contributed by atoms with Gasteiger partial charge in [0.25, 0.3) is 5.91 Å². The molecule has 4 heteroatoms. The Morgan fingerprint density at radius 1 is 1.19 bits per heavy atom. The fraction of sp³-hybridized carbons (Fsp3) is 0.588. The third-order valence-electron chi connectivity index (χ3n) is 4.68. The van der Waals surface area contributed by atoms with E-state index in [1.807, 2.05) is 0 Å². The quantitative estimate of drug-likeness (QED) is 0.851. The number of hydrogen-bond donors (Lipinski definition) is 1. The molecule has 3 nitrogen and oxygen atoms in total. The lowest BCUT2D eigenvalue weighted by Crippen LogP contribution is -2.37. The molecule has 0 spiro atoms. The van der Waals surface area contributed by atoms with E-state index >= 15 is 0 Å². The summed E-state index contributed by atoms with van der Waals surface area (Å²) in [5, 5.41) is 0.467. The maximum Gasteiger partial charge on any atom is 0.254 e. The fourth-order valence-electron chi connectivity index (χ4n) is 3.26. The number of benzene rings is 1. The molecular formula is C17H23ClN2O. The van der Waals surface area contributed by atoms with E-state index in [0.717, 1.165) is 19.4 Å². The molecule has 0 heterocycles. The molecule has 0 aromatic heterocycles. The highest BCUT2D eigenvalue weighted by Gasteiger charge is 2.34. The van der Waals surface area contributed by atoms with Gasteiger partial charge in [0.15, 0.2) is 0 Å². The smallest absolute Gasteiger partial charge is 0.254 e. The number of rotatable bonds is 4. The molecule has 0 radical (unpaired) electrons. The van der Waals surface area contributed by atoms with Crippen molar-refractivity contribution in [3.63, 3.8) is 0 Å². The minimum absolute atomic E-state index is 0.116. The Morgan fingerprint density at radius 3 is 2.52 bits per heavy atom. The molecule has 21 heavy (non-hydrogen) atoms. The molecule has 1 aromatic rings. The summed E-state index contributed by atoms with van der Waals surface area (Å²) in [6.45, 7) is 0.908. The van der Waals surface area contributed by atoms with Crippen molar-refractivity contribution in [1.29, 1.82) is 0 Å². The molecule has 2 fully saturated rings. The first-order chi connectivity index (χ1) is 10.1. The van der Waals surface area contributed by atoms with Gasteiger partial charge in [-0.15, -0.1) is 0 Å². The van der Waals surface area contributed by atoms with Crippen molar-refractivity contribution in [2.75, 3.05) is 12.3 Å². The molecule has 0 atom stereocenters. The maximum atomic E-state index is 12.8. The molecular weight excluding hydrogens is 284 g/mol. The van der Waals surface area contributed by atoms with Crippen molar-refractivity contribution in [3.8, 4) is 0 Å². The molecule has 0 bridgehead atoms. The van der Waals surface area contributed by atoms with Crippen LogP contribution in [0.15, 0.2) is 18.2 Å². The average Bonchev–Trinajstić information content (AvgIpc) is 3.33. The average molecular weight is 307 g/mol. The Labute approximate surface area is 131 Å². The molecule has 114 valence electrons. The van der Waals surface area contributed by atoms with E-state index in [1.165, 1.54) is 32.1 Å². The Morgan fingerprint density at radius 2 is 1.90 bits per heavy atom. The highest BCUT2D eigenvalue weighted by atomic mass is 35.5. The van der Waals surface area contributed by atoms with Gasteiger partial charge in [0.1, 0.15) is 0 Å². The van der Waals surface area contributed by atoms with Gasteiger partial charge < -0.3 is 10.6 Å². The second-order valence-electron chi connectivity index (χ2n) is 6.43. The number of carbonyl (C=O) groups excluding carboxylic acids is 1. The van der Waals surface area contributed by atoms with E-state index < -0.39 is 0 Å². The van der Waals surface area contributed by atoms with Crippen LogP contribution in [0.1, 0.15) is 55.3 Å². The summed E-state index contributed by atoms with van der Waals surface area (Å²) >= 11 is 6.05. The molecule has 2 saturated carbocycles.